The van der Waals surface area contributed by atoms with E-state index in [0.717, 1.165) is 25.3 Å². The maximum Gasteiger partial charge on any atom is 0.140 e. The highest BCUT2D eigenvalue weighted by Crippen LogP contribution is 2.21. The standard InChI is InChI=1S/C14H16N4S/c1-2-15-6-11-8-18(9-12-7-16-10-19-12)14-13(11)4-3-5-17-14/h3-5,7-8,10,15H,2,6,9H2,1H3. The zero-order chi connectivity index (χ0) is 13.1. The quantitative estimate of drug-likeness (QED) is 0.776. The average Bonchev–Trinajstić information content (AvgIpc) is 3.06. The average molecular weight is 272 g/mol. The lowest BCUT2D eigenvalue weighted by molar-refractivity contribution is 0.724. The Kier molecular flexibility index (Phi) is 3.57. The van der Waals surface area contributed by atoms with E-state index >= 15 is 0 Å². The van der Waals surface area contributed by atoms with Gasteiger partial charge in [0, 0.05) is 35.4 Å². The van der Waals surface area contributed by atoms with E-state index in [4.69, 9.17) is 0 Å². The molecule has 0 aliphatic carbocycles. The summed E-state index contributed by atoms with van der Waals surface area (Å²) in [4.78, 5) is 9.88. The second kappa shape index (κ2) is 5.50. The van der Waals surface area contributed by atoms with E-state index in [1.54, 1.807) is 11.3 Å². The molecule has 0 aliphatic rings. The molecule has 0 amide bonds. The van der Waals surface area contributed by atoms with Crippen molar-refractivity contribution in [1.29, 1.82) is 0 Å². The zero-order valence-corrected chi connectivity index (χ0v) is 11.7. The number of fused-ring (bicyclic) bond motifs is 1. The van der Waals surface area contributed by atoms with Crippen LogP contribution in [-0.2, 0) is 13.1 Å². The van der Waals surface area contributed by atoms with Gasteiger partial charge in [0.2, 0.25) is 0 Å². The van der Waals surface area contributed by atoms with Gasteiger partial charge in [0.15, 0.2) is 0 Å². The molecule has 98 valence electrons. The van der Waals surface area contributed by atoms with Gasteiger partial charge in [0.05, 0.1) is 12.1 Å². The minimum absolute atomic E-state index is 0.838. The third-order valence-corrected chi connectivity index (χ3v) is 3.86. The molecular weight excluding hydrogens is 256 g/mol. The molecule has 3 heterocycles. The predicted molar refractivity (Wildman–Crippen MR) is 78.3 cm³/mol. The Hall–Kier alpha value is -1.72. The van der Waals surface area contributed by atoms with Gasteiger partial charge < -0.3 is 9.88 Å². The van der Waals surface area contributed by atoms with Gasteiger partial charge in [-0.1, -0.05) is 6.92 Å². The van der Waals surface area contributed by atoms with Gasteiger partial charge in [-0.05, 0) is 24.2 Å². The molecule has 0 bridgehead atoms. The van der Waals surface area contributed by atoms with Crippen LogP contribution in [0.1, 0.15) is 17.4 Å². The summed E-state index contributed by atoms with van der Waals surface area (Å²) in [5.74, 6) is 0. The summed E-state index contributed by atoms with van der Waals surface area (Å²) in [6.45, 7) is 4.81. The second-order valence-corrected chi connectivity index (χ2v) is 5.38. The molecule has 3 aromatic heterocycles. The number of nitrogens with zero attached hydrogens (tertiary/aromatic N) is 3. The number of nitrogens with one attached hydrogen (secondary N) is 1. The van der Waals surface area contributed by atoms with Crippen LogP contribution in [0.25, 0.3) is 11.0 Å². The van der Waals surface area contributed by atoms with E-state index in [9.17, 15) is 0 Å². The van der Waals surface area contributed by atoms with Crippen LogP contribution in [-0.4, -0.2) is 21.1 Å². The van der Waals surface area contributed by atoms with Crippen molar-refractivity contribution in [3.05, 3.63) is 46.7 Å². The summed E-state index contributed by atoms with van der Waals surface area (Å²) < 4.78 is 2.20. The van der Waals surface area contributed by atoms with Crippen LogP contribution < -0.4 is 5.32 Å². The van der Waals surface area contributed by atoms with Crippen molar-refractivity contribution in [2.45, 2.75) is 20.0 Å². The first-order valence-electron chi connectivity index (χ1n) is 6.39. The van der Waals surface area contributed by atoms with Crippen molar-refractivity contribution in [3.63, 3.8) is 0 Å². The highest BCUT2D eigenvalue weighted by Gasteiger charge is 2.09. The fourth-order valence-corrected chi connectivity index (χ4v) is 2.80. The minimum Gasteiger partial charge on any atom is -0.327 e. The van der Waals surface area contributed by atoms with Gasteiger partial charge in [-0.2, -0.15) is 0 Å². The summed E-state index contributed by atoms with van der Waals surface area (Å²) >= 11 is 1.68. The smallest absolute Gasteiger partial charge is 0.140 e. The van der Waals surface area contributed by atoms with Gasteiger partial charge in [-0.25, -0.2) is 4.98 Å². The molecule has 4 nitrogen and oxygen atoms in total. The molecule has 3 aromatic rings. The van der Waals surface area contributed by atoms with Gasteiger partial charge in [0.1, 0.15) is 5.65 Å². The topological polar surface area (TPSA) is 42.7 Å². The number of thiazole rings is 1. The van der Waals surface area contributed by atoms with Gasteiger partial charge in [-0.15, -0.1) is 11.3 Å². The third kappa shape index (κ3) is 2.52. The van der Waals surface area contributed by atoms with Crippen LogP contribution in [0.4, 0.5) is 0 Å². The molecule has 3 rings (SSSR count). The van der Waals surface area contributed by atoms with Gasteiger partial charge in [0.25, 0.3) is 0 Å². The molecule has 0 aromatic carbocycles. The van der Waals surface area contributed by atoms with Crippen LogP contribution >= 0.6 is 11.3 Å². The third-order valence-electron chi connectivity index (χ3n) is 3.09. The van der Waals surface area contributed by atoms with E-state index in [1.807, 2.05) is 24.0 Å². The molecule has 0 fully saturated rings. The Balaban J connectivity index is 1.99. The Morgan fingerprint density at radius 3 is 3.16 bits per heavy atom. The molecule has 0 radical (unpaired) electrons. The summed E-state index contributed by atoms with van der Waals surface area (Å²) in [7, 11) is 0. The molecule has 0 unspecified atom stereocenters. The van der Waals surface area contributed by atoms with Crippen molar-refractivity contribution in [2.24, 2.45) is 0 Å². The maximum absolute atomic E-state index is 4.51. The highest BCUT2D eigenvalue weighted by molar-refractivity contribution is 7.09. The second-order valence-electron chi connectivity index (χ2n) is 4.40. The van der Waals surface area contributed by atoms with E-state index < -0.39 is 0 Å². The van der Waals surface area contributed by atoms with Crippen LogP contribution in [0, 0.1) is 0 Å². The first-order valence-corrected chi connectivity index (χ1v) is 7.27. The van der Waals surface area contributed by atoms with Crippen molar-refractivity contribution in [2.75, 3.05) is 6.54 Å². The lowest BCUT2D eigenvalue weighted by atomic mass is 10.2. The number of rotatable bonds is 5. The lowest BCUT2D eigenvalue weighted by Crippen LogP contribution is -2.11. The first kappa shape index (κ1) is 12.3. The summed E-state index contributed by atoms with van der Waals surface area (Å²) in [6, 6.07) is 4.13. The van der Waals surface area contributed by atoms with E-state index in [2.05, 4.69) is 39.0 Å². The molecule has 19 heavy (non-hydrogen) atoms. The molecule has 0 atom stereocenters. The monoisotopic (exact) mass is 272 g/mol. The molecule has 5 heteroatoms. The van der Waals surface area contributed by atoms with Crippen LogP contribution in [0.3, 0.4) is 0 Å². The largest absolute Gasteiger partial charge is 0.327 e. The van der Waals surface area contributed by atoms with Crippen molar-refractivity contribution >= 4 is 22.4 Å². The Bertz CT molecular complexity index is 657. The highest BCUT2D eigenvalue weighted by atomic mass is 32.1. The summed E-state index contributed by atoms with van der Waals surface area (Å²) in [5.41, 5.74) is 4.21. The Labute approximate surface area is 116 Å². The van der Waals surface area contributed by atoms with Crippen molar-refractivity contribution < 1.29 is 0 Å². The molecule has 0 saturated heterocycles. The fourth-order valence-electron chi connectivity index (χ4n) is 2.20. The van der Waals surface area contributed by atoms with Crippen LogP contribution in [0.2, 0.25) is 0 Å². The first-order chi connectivity index (χ1) is 9.38. The molecule has 0 saturated carbocycles. The molecule has 0 spiro atoms. The van der Waals surface area contributed by atoms with E-state index in [-0.39, 0.29) is 0 Å². The molecule has 0 aliphatic heterocycles. The lowest BCUT2D eigenvalue weighted by Gasteiger charge is -2.00. The number of pyridine rings is 1. The Morgan fingerprint density at radius 2 is 2.37 bits per heavy atom. The van der Waals surface area contributed by atoms with E-state index in [1.165, 1.54) is 15.8 Å². The van der Waals surface area contributed by atoms with Crippen molar-refractivity contribution in [3.8, 4) is 0 Å². The fraction of sp³-hybridized carbons (Fsp3) is 0.286. The summed E-state index contributed by atoms with van der Waals surface area (Å²) in [6.07, 6.45) is 5.96. The SMILES string of the molecule is CCNCc1cn(Cc2cncs2)c2ncccc12. The van der Waals surface area contributed by atoms with Gasteiger partial charge in [-0.3, -0.25) is 4.98 Å². The minimum atomic E-state index is 0.838. The van der Waals surface area contributed by atoms with Crippen molar-refractivity contribution in [1.82, 2.24) is 19.9 Å². The molecule has 1 N–H and O–H groups in total. The number of hydrogen-bond donors (Lipinski definition) is 1. The van der Waals surface area contributed by atoms with Gasteiger partial charge >= 0.3 is 0 Å². The summed E-state index contributed by atoms with van der Waals surface area (Å²) in [5, 5.41) is 4.61. The zero-order valence-electron chi connectivity index (χ0n) is 10.8. The maximum atomic E-state index is 4.51. The Morgan fingerprint density at radius 1 is 1.42 bits per heavy atom. The van der Waals surface area contributed by atoms with E-state index in [0.29, 0.717) is 0 Å². The van der Waals surface area contributed by atoms with Crippen LogP contribution in [0.15, 0.2) is 36.2 Å². The number of aromatic nitrogens is 3. The predicted octanol–water partition coefficient (Wildman–Crippen LogP) is 2.65. The van der Waals surface area contributed by atoms with Crippen LogP contribution in [0.5, 0.6) is 0 Å². The number of hydrogen-bond acceptors (Lipinski definition) is 4. The normalized spacial score (nSPS) is 11.2. The molecular formula is C14H16N4S.